The Morgan fingerprint density at radius 3 is 1.74 bits per heavy atom. The van der Waals surface area contributed by atoms with Gasteiger partial charge < -0.3 is 27.9 Å². The van der Waals surface area contributed by atoms with Crippen LogP contribution in [0.5, 0.6) is 0 Å². The fraction of sp³-hybridized carbons (Fsp3) is 0.853. The molecule has 0 bridgehead atoms. The molecule has 0 heterocycles. The summed E-state index contributed by atoms with van der Waals surface area (Å²) in [6, 6.07) is 0. The second kappa shape index (κ2) is 28.5. The van der Waals surface area contributed by atoms with Crippen molar-refractivity contribution in [2.24, 2.45) is 0 Å². The Bertz CT molecular complexity index is 752. The number of allylic oxidation sites excluding steroid dienone is 4. The number of phosphoric acid groups is 1. The van der Waals surface area contributed by atoms with Crippen molar-refractivity contribution in [3.05, 3.63) is 24.3 Å². The molecule has 0 rings (SSSR count). The number of esters is 1. The van der Waals surface area contributed by atoms with Gasteiger partial charge in [0, 0.05) is 13.5 Å². The summed E-state index contributed by atoms with van der Waals surface area (Å²) in [5.41, 5.74) is 0. The van der Waals surface area contributed by atoms with Gasteiger partial charge in [-0.1, -0.05) is 108 Å². The first-order valence-corrected chi connectivity index (χ1v) is 18.5. The lowest BCUT2D eigenvalue weighted by Gasteiger charge is -2.28. The minimum Gasteiger partial charge on any atom is -0.756 e. The molecule has 0 aromatic rings. The maximum Gasteiger partial charge on any atom is 0.303 e. The summed E-state index contributed by atoms with van der Waals surface area (Å²) in [6.07, 6.45) is 31.1. The van der Waals surface area contributed by atoms with Gasteiger partial charge in [0.2, 0.25) is 0 Å². The van der Waals surface area contributed by atoms with Crippen molar-refractivity contribution < 1.29 is 37.3 Å². The van der Waals surface area contributed by atoms with Crippen molar-refractivity contribution in [3.63, 3.8) is 0 Å². The van der Waals surface area contributed by atoms with Crippen LogP contribution in [0.15, 0.2) is 24.3 Å². The predicted molar refractivity (Wildman–Crippen MR) is 176 cm³/mol. The van der Waals surface area contributed by atoms with E-state index < -0.39 is 19.9 Å². The number of phosphoric ester groups is 1. The molecule has 0 fully saturated rings. The van der Waals surface area contributed by atoms with E-state index in [2.05, 4.69) is 31.2 Å². The molecular formula is C34H66NO7P. The maximum atomic E-state index is 12.0. The number of likely N-dealkylation sites (N-methyl/N-ethyl adjacent to an activating group) is 1. The second-order valence-electron chi connectivity index (χ2n) is 12.6. The summed E-state index contributed by atoms with van der Waals surface area (Å²) in [5, 5.41) is 0. The Morgan fingerprint density at radius 1 is 0.721 bits per heavy atom. The molecule has 2 atom stereocenters. The number of hydrogen-bond donors (Lipinski definition) is 0. The highest BCUT2D eigenvalue weighted by Crippen LogP contribution is 2.38. The zero-order valence-electron chi connectivity index (χ0n) is 28.4. The molecule has 254 valence electrons. The van der Waals surface area contributed by atoms with E-state index in [1.165, 1.54) is 103 Å². The van der Waals surface area contributed by atoms with Crippen molar-refractivity contribution in [1.82, 2.24) is 0 Å². The average molecular weight is 632 g/mol. The van der Waals surface area contributed by atoms with Crippen molar-refractivity contribution in [2.45, 2.75) is 136 Å². The lowest BCUT2D eigenvalue weighted by Crippen LogP contribution is -2.37. The Labute approximate surface area is 264 Å². The van der Waals surface area contributed by atoms with E-state index in [1.807, 2.05) is 21.1 Å². The lowest BCUT2D eigenvalue weighted by atomic mass is 10.1. The van der Waals surface area contributed by atoms with Gasteiger partial charge in [-0.15, -0.1) is 0 Å². The average Bonchev–Trinajstić information content (AvgIpc) is 2.93. The predicted octanol–water partition coefficient (Wildman–Crippen LogP) is 8.30. The first-order chi connectivity index (χ1) is 20.6. The zero-order chi connectivity index (χ0) is 32.1. The molecule has 0 saturated carbocycles. The highest BCUT2D eigenvalue weighted by atomic mass is 31.2. The van der Waals surface area contributed by atoms with Crippen LogP contribution in [0.1, 0.15) is 129 Å². The number of carbonyl (C=O) groups is 1. The normalized spacial score (nSPS) is 14.5. The van der Waals surface area contributed by atoms with Crippen LogP contribution in [0, 0.1) is 0 Å². The van der Waals surface area contributed by atoms with E-state index in [-0.39, 0.29) is 19.8 Å². The molecule has 0 aromatic carbocycles. The molecule has 43 heavy (non-hydrogen) atoms. The summed E-state index contributed by atoms with van der Waals surface area (Å²) in [4.78, 5) is 23.4. The molecule has 0 saturated heterocycles. The monoisotopic (exact) mass is 631 g/mol. The van der Waals surface area contributed by atoms with Crippen molar-refractivity contribution >= 4 is 13.8 Å². The number of ether oxygens (including phenoxy) is 2. The van der Waals surface area contributed by atoms with Gasteiger partial charge in [0.05, 0.1) is 34.4 Å². The molecule has 0 N–H and O–H groups in total. The van der Waals surface area contributed by atoms with E-state index in [9.17, 15) is 14.3 Å². The lowest BCUT2D eigenvalue weighted by molar-refractivity contribution is -0.870. The molecular weight excluding hydrogens is 565 g/mol. The van der Waals surface area contributed by atoms with Crippen LogP contribution in [0.2, 0.25) is 0 Å². The molecule has 0 amide bonds. The van der Waals surface area contributed by atoms with Gasteiger partial charge in [-0.3, -0.25) is 9.36 Å². The Morgan fingerprint density at radius 2 is 1.23 bits per heavy atom. The van der Waals surface area contributed by atoms with Gasteiger partial charge in [0.15, 0.2) is 0 Å². The van der Waals surface area contributed by atoms with E-state index in [0.29, 0.717) is 17.6 Å². The standard InChI is InChI=1S/C34H66NO7P/c1-6-7-8-9-10-11-12-13-14-15-16-17-18-19-20-21-22-23-24-25-26-27-29-39-31-34(42-33(2)36)32-41-43(37,38)40-30-28-35(3,4)5/h12-13,15-16,34H,6-11,14,17-32H2,1-5H3/b13-12-,16-15-. The minimum atomic E-state index is -4.47. The largest absolute Gasteiger partial charge is 0.756 e. The summed E-state index contributed by atoms with van der Waals surface area (Å²) < 4.78 is 33.1. The molecule has 8 nitrogen and oxygen atoms in total. The summed E-state index contributed by atoms with van der Waals surface area (Å²) in [5.74, 6) is -0.511. The number of unbranched alkanes of at least 4 members (excludes halogenated alkanes) is 15. The highest BCUT2D eigenvalue weighted by Gasteiger charge is 2.19. The van der Waals surface area contributed by atoms with Crippen LogP contribution in [-0.4, -0.2) is 70.7 Å². The summed E-state index contributed by atoms with van der Waals surface area (Å²) >= 11 is 0. The maximum absolute atomic E-state index is 12.0. The van der Waals surface area contributed by atoms with E-state index >= 15 is 0 Å². The van der Waals surface area contributed by atoms with Crippen molar-refractivity contribution in [3.8, 4) is 0 Å². The second-order valence-corrected chi connectivity index (χ2v) is 14.0. The van der Waals surface area contributed by atoms with E-state index in [1.54, 1.807) is 0 Å². The number of nitrogens with zero attached hydrogens (tertiary/aromatic N) is 1. The molecule has 0 aromatic heterocycles. The highest BCUT2D eigenvalue weighted by molar-refractivity contribution is 7.45. The zero-order valence-corrected chi connectivity index (χ0v) is 29.3. The number of hydrogen-bond acceptors (Lipinski definition) is 7. The van der Waals surface area contributed by atoms with Crippen LogP contribution in [0.3, 0.4) is 0 Å². The third kappa shape index (κ3) is 33.7. The van der Waals surface area contributed by atoms with Crippen molar-refractivity contribution in [2.75, 3.05) is 54.1 Å². The van der Waals surface area contributed by atoms with Gasteiger partial charge in [-0.05, 0) is 38.5 Å². The molecule has 0 aliphatic heterocycles. The number of rotatable bonds is 31. The Kier molecular flexibility index (Phi) is 27.8. The van der Waals surface area contributed by atoms with Crippen LogP contribution in [0.25, 0.3) is 0 Å². The van der Waals surface area contributed by atoms with Crippen LogP contribution in [-0.2, 0) is 27.9 Å². The van der Waals surface area contributed by atoms with E-state index in [0.717, 1.165) is 19.3 Å². The topological polar surface area (TPSA) is 94.1 Å². The molecule has 0 aliphatic rings. The third-order valence-electron chi connectivity index (χ3n) is 7.06. The molecule has 0 radical (unpaired) electrons. The third-order valence-corrected chi connectivity index (χ3v) is 8.02. The van der Waals surface area contributed by atoms with Gasteiger partial charge >= 0.3 is 5.97 Å². The minimum absolute atomic E-state index is 0.0225. The summed E-state index contributed by atoms with van der Waals surface area (Å²) in [6.45, 7) is 4.38. The van der Waals surface area contributed by atoms with Gasteiger partial charge in [-0.25, -0.2) is 0 Å². The van der Waals surface area contributed by atoms with Gasteiger partial charge in [0.1, 0.15) is 19.3 Å². The van der Waals surface area contributed by atoms with Gasteiger partial charge in [-0.2, -0.15) is 0 Å². The fourth-order valence-corrected chi connectivity index (χ4v) is 5.19. The Hall–Kier alpha value is -1.02. The first-order valence-electron chi connectivity index (χ1n) is 17.0. The SMILES string of the molecule is CCCCCCC/C=C\C/C=C\CCCCCCCCCCCCOCC(COP(=O)([O-])OCC[N+](C)(C)C)OC(C)=O. The van der Waals surface area contributed by atoms with Crippen LogP contribution >= 0.6 is 7.82 Å². The van der Waals surface area contributed by atoms with Gasteiger partial charge in [0.25, 0.3) is 7.82 Å². The van der Waals surface area contributed by atoms with Crippen LogP contribution in [0.4, 0.5) is 0 Å². The first kappa shape index (κ1) is 42.0. The van der Waals surface area contributed by atoms with Crippen LogP contribution < -0.4 is 4.89 Å². The number of carbonyl (C=O) groups excluding carboxylic acids is 1. The molecule has 2 unspecified atom stereocenters. The molecule has 9 heteroatoms. The quantitative estimate of drug-likeness (QED) is 0.0250. The smallest absolute Gasteiger partial charge is 0.303 e. The number of quaternary nitrogens is 1. The fourth-order valence-electron chi connectivity index (χ4n) is 4.46. The van der Waals surface area contributed by atoms with E-state index in [4.69, 9.17) is 18.5 Å². The van der Waals surface area contributed by atoms with Crippen molar-refractivity contribution in [1.29, 1.82) is 0 Å². The molecule has 0 aliphatic carbocycles. The Balaban J connectivity index is 3.65. The molecule has 0 spiro atoms. The summed E-state index contributed by atoms with van der Waals surface area (Å²) in [7, 11) is 1.34.